The predicted octanol–water partition coefficient (Wildman–Crippen LogP) is 1.74. The van der Waals surface area contributed by atoms with Gasteiger partial charge in [0.1, 0.15) is 0 Å². The van der Waals surface area contributed by atoms with Crippen molar-refractivity contribution in [3.05, 3.63) is 0 Å². The first-order valence-corrected chi connectivity index (χ1v) is 8.73. The Morgan fingerprint density at radius 2 is 1.00 bits per heavy atom. The first-order valence-electron chi connectivity index (χ1n) is 5.09. The van der Waals surface area contributed by atoms with Gasteiger partial charge in [-0.3, -0.25) is 0 Å². The van der Waals surface area contributed by atoms with Gasteiger partial charge in [-0.1, -0.05) is 0 Å². The van der Waals surface area contributed by atoms with E-state index in [4.69, 9.17) is 26.6 Å². The van der Waals surface area contributed by atoms with E-state index in [9.17, 15) is 14.4 Å². The van der Waals surface area contributed by atoms with Gasteiger partial charge in [-0.05, 0) is 0 Å². The third kappa shape index (κ3) is 10.6. The van der Waals surface area contributed by atoms with Crippen molar-refractivity contribution in [3.8, 4) is 0 Å². The molecule has 0 aromatic carbocycles. The van der Waals surface area contributed by atoms with Gasteiger partial charge in [-0.2, -0.15) is 0 Å². The fraction of sp³-hybridized carbons (Fsp3) is 0.667. The van der Waals surface area contributed by atoms with Crippen LogP contribution in [0, 0.1) is 0 Å². The van der Waals surface area contributed by atoms with E-state index in [1.807, 2.05) is 0 Å². The summed E-state index contributed by atoms with van der Waals surface area (Å²) in [6.07, 6.45) is 0.165. The Labute approximate surface area is 116 Å². The van der Waals surface area contributed by atoms with Crippen molar-refractivity contribution >= 4 is 48.2 Å². The van der Waals surface area contributed by atoms with Crippen molar-refractivity contribution in [1.29, 1.82) is 0 Å². The van der Waals surface area contributed by atoms with Gasteiger partial charge in [0.05, 0.1) is 0 Å². The first kappa shape index (κ1) is 19.8. The van der Waals surface area contributed by atoms with Crippen LogP contribution < -0.4 is 0 Å². The number of hydrogen-bond donors (Lipinski definition) is 3. The summed E-state index contributed by atoms with van der Waals surface area (Å²) >= 11 is 6.22. The third-order valence-electron chi connectivity index (χ3n) is 2.36. The Balaban J connectivity index is 0. The molecular formula is C9H17Cl2O6P. The molecule has 108 valence electrons. The molecule has 3 N–H and O–H groups in total. The standard InChI is InChI=1S/C9H16ClO6P.ClH/c10-17(4-1-7(11)12,5-2-8(13)14)6-3-9(15)16;/h17H,1-6H2,(H,11,12)(H,13,14)(H,15,16);1H. The van der Waals surface area contributed by atoms with Gasteiger partial charge < -0.3 is 0 Å². The van der Waals surface area contributed by atoms with E-state index < -0.39 is 24.5 Å². The Kier molecular flexibility index (Phi) is 10.3. The Bertz CT molecular complexity index is 264. The molecule has 0 aromatic heterocycles. The quantitative estimate of drug-likeness (QED) is 0.557. The van der Waals surface area contributed by atoms with Crippen LogP contribution >= 0.6 is 30.3 Å². The summed E-state index contributed by atoms with van der Waals surface area (Å²) in [5.74, 6) is -3.02. The topological polar surface area (TPSA) is 112 Å². The molecule has 0 amide bonds. The summed E-state index contributed by atoms with van der Waals surface area (Å²) in [5, 5.41) is 25.7. The predicted molar refractivity (Wildman–Crippen MR) is 72.8 cm³/mol. The van der Waals surface area contributed by atoms with Crippen LogP contribution in [-0.2, 0) is 14.4 Å². The zero-order valence-corrected chi connectivity index (χ0v) is 12.2. The molecule has 0 aliphatic rings. The van der Waals surface area contributed by atoms with Crippen molar-refractivity contribution in [1.82, 2.24) is 0 Å². The Hall–Kier alpha value is -0.580. The average Bonchev–Trinajstić information content (AvgIpc) is 2.21. The summed E-state index contributed by atoms with van der Waals surface area (Å²) < 4.78 is 0. The molecule has 9 heteroatoms. The average molecular weight is 323 g/mol. The molecule has 0 aliphatic heterocycles. The number of carbonyl (C=O) groups is 3. The molecule has 0 heterocycles. The summed E-state index contributed by atoms with van der Waals surface area (Å²) in [6, 6.07) is 0. The van der Waals surface area contributed by atoms with E-state index in [-0.39, 0.29) is 50.2 Å². The number of carboxylic acid groups (broad SMARTS) is 3. The minimum atomic E-state index is -2.61. The molecule has 0 fully saturated rings. The monoisotopic (exact) mass is 322 g/mol. The van der Waals surface area contributed by atoms with Crippen LogP contribution in [0.2, 0.25) is 0 Å². The van der Waals surface area contributed by atoms with Crippen LogP contribution in [0.3, 0.4) is 0 Å². The molecule has 0 aliphatic carbocycles. The molecule has 0 saturated carbocycles. The maximum absolute atomic E-state index is 10.5. The van der Waals surface area contributed by atoms with Gasteiger partial charge in [0.2, 0.25) is 0 Å². The Morgan fingerprint density at radius 1 is 0.778 bits per heavy atom. The summed E-state index contributed by atoms with van der Waals surface area (Å²) in [6.45, 7) is -2.61. The van der Waals surface area contributed by atoms with E-state index in [0.717, 1.165) is 0 Å². The summed E-state index contributed by atoms with van der Waals surface area (Å²) in [5.41, 5.74) is 0. The van der Waals surface area contributed by atoms with E-state index >= 15 is 0 Å². The fourth-order valence-corrected chi connectivity index (χ4v) is 4.95. The zero-order valence-electron chi connectivity index (χ0n) is 9.60. The van der Waals surface area contributed by atoms with E-state index in [2.05, 4.69) is 0 Å². The maximum atomic E-state index is 10.5. The molecule has 0 bridgehead atoms. The molecule has 0 rings (SSSR count). The van der Waals surface area contributed by atoms with Crippen molar-refractivity contribution in [2.75, 3.05) is 18.5 Å². The van der Waals surface area contributed by atoms with Crippen LogP contribution in [0.5, 0.6) is 0 Å². The molecule has 18 heavy (non-hydrogen) atoms. The molecule has 6 nitrogen and oxygen atoms in total. The molecular weight excluding hydrogens is 306 g/mol. The second-order valence-corrected chi connectivity index (χ2v) is 10.0. The van der Waals surface area contributed by atoms with Crippen LogP contribution in [-0.4, -0.2) is 51.7 Å². The summed E-state index contributed by atoms with van der Waals surface area (Å²) in [7, 11) is 0. The molecule has 0 radical (unpaired) electrons. The second kappa shape index (κ2) is 9.36. The minimum absolute atomic E-state index is 0. The van der Waals surface area contributed by atoms with Crippen molar-refractivity contribution < 1.29 is 29.7 Å². The van der Waals surface area contributed by atoms with Crippen molar-refractivity contribution in [2.24, 2.45) is 0 Å². The van der Waals surface area contributed by atoms with Crippen LogP contribution in [0.25, 0.3) is 0 Å². The van der Waals surface area contributed by atoms with Gasteiger partial charge >= 0.3 is 103 Å². The molecule has 0 unspecified atom stereocenters. The van der Waals surface area contributed by atoms with Crippen LogP contribution in [0.1, 0.15) is 19.3 Å². The third-order valence-corrected chi connectivity index (χ3v) is 7.50. The van der Waals surface area contributed by atoms with E-state index in [1.165, 1.54) is 0 Å². The summed E-state index contributed by atoms with van der Waals surface area (Å²) in [4.78, 5) is 31.4. The van der Waals surface area contributed by atoms with Crippen molar-refractivity contribution in [2.45, 2.75) is 19.3 Å². The SMILES string of the molecule is Cl.O=C(O)CC[PH](Cl)(CCC(=O)O)CCC(=O)O. The van der Waals surface area contributed by atoms with Crippen LogP contribution in [0.15, 0.2) is 0 Å². The Morgan fingerprint density at radius 3 is 1.17 bits per heavy atom. The van der Waals surface area contributed by atoms with Gasteiger partial charge in [0.25, 0.3) is 0 Å². The fourth-order valence-electron chi connectivity index (χ4n) is 1.37. The van der Waals surface area contributed by atoms with E-state index in [0.29, 0.717) is 0 Å². The number of carboxylic acids is 3. The number of aliphatic carboxylic acids is 3. The van der Waals surface area contributed by atoms with E-state index in [1.54, 1.807) is 0 Å². The number of halogens is 2. The van der Waals surface area contributed by atoms with Gasteiger partial charge in [0.15, 0.2) is 0 Å². The molecule has 0 aromatic rings. The number of rotatable bonds is 9. The molecule has 0 saturated heterocycles. The van der Waals surface area contributed by atoms with Gasteiger partial charge in [0, 0.05) is 0 Å². The normalized spacial score (nSPS) is 11.4. The van der Waals surface area contributed by atoms with Gasteiger partial charge in [-0.15, -0.1) is 12.4 Å². The number of hydrogen-bond acceptors (Lipinski definition) is 3. The second-order valence-electron chi connectivity index (χ2n) is 3.83. The van der Waals surface area contributed by atoms with Gasteiger partial charge in [-0.25, -0.2) is 0 Å². The van der Waals surface area contributed by atoms with Crippen LogP contribution in [0.4, 0.5) is 0 Å². The molecule has 0 atom stereocenters. The molecule has 0 spiro atoms. The first-order chi connectivity index (χ1) is 7.75. The van der Waals surface area contributed by atoms with Crippen molar-refractivity contribution in [3.63, 3.8) is 0 Å². The zero-order chi connectivity index (χ0) is 13.5.